The first-order valence-corrected chi connectivity index (χ1v) is 8.84. The third kappa shape index (κ3) is 4.75. The highest BCUT2D eigenvalue weighted by Crippen LogP contribution is 2.27. The Morgan fingerprint density at radius 3 is 2.52 bits per heavy atom. The largest absolute Gasteiger partial charge is 0.474 e. The van der Waals surface area contributed by atoms with Crippen LogP contribution >= 0.6 is 0 Å². The van der Waals surface area contributed by atoms with Crippen LogP contribution in [0.4, 0.5) is 10.5 Å². The summed E-state index contributed by atoms with van der Waals surface area (Å²) in [4.78, 5) is 20.3. The summed E-state index contributed by atoms with van der Waals surface area (Å²) in [5, 5.41) is 9.34. The molecule has 7 heteroatoms. The predicted octanol–water partition coefficient (Wildman–Crippen LogP) is 2.04. The summed E-state index contributed by atoms with van der Waals surface area (Å²) >= 11 is 0. The maximum Gasteiger partial charge on any atom is 0.410 e. The number of amides is 1. The van der Waals surface area contributed by atoms with E-state index in [0.29, 0.717) is 31.8 Å². The predicted molar refractivity (Wildman–Crippen MR) is 93.9 cm³/mol. The summed E-state index contributed by atoms with van der Waals surface area (Å²) in [7, 11) is 0. The molecule has 0 radical (unpaired) electrons. The van der Waals surface area contributed by atoms with Crippen molar-refractivity contribution in [2.45, 2.75) is 51.4 Å². The quantitative estimate of drug-likeness (QED) is 0.900. The maximum absolute atomic E-state index is 12.1. The van der Waals surface area contributed by atoms with E-state index in [4.69, 9.17) is 9.47 Å². The van der Waals surface area contributed by atoms with E-state index in [0.717, 1.165) is 18.8 Å². The van der Waals surface area contributed by atoms with Crippen LogP contribution in [-0.4, -0.2) is 65.1 Å². The van der Waals surface area contributed by atoms with Gasteiger partial charge in [-0.15, -0.1) is 0 Å². The second kappa shape index (κ2) is 7.07. The molecular formula is C18H27N3O4. The van der Waals surface area contributed by atoms with Crippen molar-refractivity contribution in [3.63, 3.8) is 0 Å². The summed E-state index contributed by atoms with van der Waals surface area (Å²) in [6.45, 7) is 8.36. The fourth-order valence-corrected chi connectivity index (χ4v) is 2.94. The van der Waals surface area contributed by atoms with Crippen LogP contribution in [0.3, 0.4) is 0 Å². The fraction of sp³-hybridized carbons (Fsp3) is 0.667. The van der Waals surface area contributed by atoms with Crippen molar-refractivity contribution in [2.75, 3.05) is 31.1 Å². The average molecular weight is 349 g/mol. The topological polar surface area (TPSA) is 75.1 Å². The van der Waals surface area contributed by atoms with Crippen molar-refractivity contribution in [1.82, 2.24) is 9.88 Å². The Balaban J connectivity index is 1.53. The number of carbonyl (C=O) groups excluding carboxylic acids is 1. The van der Waals surface area contributed by atoms with Gasteiger partial charge in [-0.25, -0.2) is 9.78 Å². The SMILES string of the molecule is CC(C)(C)OC(=O)N1CCN(c2ccnc(O[C@H]3C[C@@H](O)C3)c2)CC1. The second-order valence-electron chi connectivity index (χ2n) is 7.67. The number of aliphatic hydroxyl groups is 1. The zero-order valence-electron chi connectivity index (χ0n) is 15.1. The molecule has 1 aromatic rings. The lowest BCUT2D eigenvalue weighted by atomic mass is 9.92. The minimum absolute atomic E-state index is 0.0572. The minimum Gasteiger partial charge on any atom is -0.474 e. The number of aromatic nitrogens is 1. The van der Waals surface area contributed by atoms with E-state index in [1.165, 1.54) is 0 Å². The molecule has 1 saturated carbocycles. The van der Waals surface area contributed by atoms with Crippen LogP contribution in [0.1, 0.15) is 33.6 Å². The lowest BCUT2D eigenvalue weighted by molar-refractivity contribution is -0.0128. The molecule has 2 fully saturated rings. The molecule has 0 spiro atoms. The van der Waals surface area contributed by atoms with Gasteiger partial charge in [-0.2, -0.15) is 0 Å². The Morgan fingerprint density at radius 2 is 1.92 bits per heavy atom. The molecule has 1 amide bonds. The van der Waals surface area contributed by atoms with Gasteiger partial charge in [0.05, 0.1) is 6.10 Å². The summed E-state index contributed by atoms with van der Waals surface area (Å²) in [5.41, 5.74) is 0.564. The monoisotopic (exact) mass is 349 g/mol. The first-order chi connectivity index (χ1) is 11.8. The molecule has 25 heavy (non-hydrogen) atoms. The van der Waals surface area contributed by atoms with Gasteiger partial charge in [-0.3, -0.25) is 0 Å². The van der Waals surface area contributed by atoms with Crippen LogP contribution in [-0.2, 0) is 4.74 Å². The molecule has 1 saturated heterocycles. The molecule has 0 aromatic carbocycles. The zero-order chi connectivity index (χ0) is 18.0. The normalized spacial score (nSPS) is 23.8. The standard InChI is InChI=1S/C18H27N3O4/c1-18(2,3)25-17(23)21-8-6-20(7-9-21)13-4-5-19-16(10-13)24-15-11-14(22)12-15/h4-5,10,14-15,22H,6-9,11-12H2,1-3H3/t14-,15+. The highest BCUT2D eigenvalue weighted by molar-refractivity contribution is 5.68. The van der Waals surface area contributed by atoms with Crippen molar-refractivity contribution in [1.29, 1.82) is 0 Å². The fourth-order valence-electron chi connectivity index (χ4n) is 2.94. The van der Waals surface area contributed by atoms with Crippen LogP contribution < -0.4 is 9.64 Å². The van der Waals surface area contributed by atoms with Crippen molar-refractivity contribution in [3.8, 4) is 5.88 Å². The van der Waals surface area contributed by atoms with E-state index in [2.05, 4.69) is 9.88 Å². The Bertz CT molecular complexity index is 603. The third-order valence-electron chi connectivity index (χ3n) is 4.37. The highest BCUT2D eigenvalue weighted by Gasteiger charge is 2.30. The number of ether oxygens (including phenoxy) is 2. The number of carbonyl (C=O) groups is 1. The number of nitrogens with zero attached hydrogens (tertiary/aromatic N) is 3. The van der Waals surface area contributed by atoms with Gasteiger partial charge in [0, 0.05) is 57.0 Å². The van der Waals surface area contributed by atoms with Crippen molar-refractivity contribution >= 4 is 11.8 Å². The number of hydrogen-bond acceptors (Lipinski definition) is 6. The molecule has 0 unspecified atom stereocenters. The van der Waals surface area contributed by atoms with Crippen molar-refractivity contribution < 1.29 is 19.4 Å². The van der Waals surface area contributed by atoms with Crippen LogP contribution in [0.15, 0.2) is 18.3 Å². The van der Waals surface area contributed by atoms with E-state index in [-0.39, 0.29) is 18.3 Å². The number of aliphatic hydroxyl groups excluding tert-OH is 1. The first-order valence-electron chi connectivity index (χ1n) is 8.84. The molecule has 3 rings (SSSR count). The molecule has 0 atom stereocenters. The number of anilines is 1. The van der Waals surface area contributed by atoms with E-state index in [9.17, 15) is 9.90 Å². The molecule has 138 valence electrons. The zero-order valence-corrected chi connectivity index (χ0v) is 15.1. The van der Waals surface area contributed by atoms with Crippen LogP contribution in [0.2, 0.25) is 0 Å². The summed E-state index contributed by atoms with van der Waals surface area (Å²) in [5.74, 6) is 0.587. The van der Waals surface area contributed by atoms with E-state index in [1.807, 2.05) is 32.9 Å². The lowest BCUT2D eigenvalue weighted by Gasteiger charge is -2.37. The van der Waals surface area contributed by atoms with Crippen LogP contribution in [0.25, 0.3) is 0 Å². The van der Waals surface area contributed by atoms with Gasteiger partial charge in [0.15, 0.2) is 0 Å². The van der Waals surface area contributed by atoms with Gasteiger partial charge in [0.25, 0.3) is 0 Å². The van der Waals surface area contributed by atoms with Gasteiger partial charge in [-0.05, 0) is 26.8 Å². The Kier molecular flexibility index (Phi) is 5.03. The van der Waals surface area contributed by atoms with Gasteiger partial charge < -0.3 is 24.4 Å². The number of rotatable bonds is 3. The first kappa shape index (κ1) is 17.8. The highest BCUT2D eigenvalue weighted by atomic mass is 16.6. The van der Waals surface area contributed by atoms with E-state index >= 15 is 0 Å². The summed E-state index contributed by atoms with van der Waals surface area (Å²) in [6.07, 6.45) is 2.63. The molecule has 1 aliphatic heterocycles. The third-order valence-corrected chi connectivity index (χ3v) is 4.37. The second-order valence-corrected chi connectivity index (χ2v) is 7.67. The number of pyridine rings is 1. The van der Waals surface area contributed by atoms with Crippen LogP contribution in [0.5, 0.6) is 5.88 Å². The van der Waals surface area contributed by atoms with E-state index < -0.39 is 5.60 Å². The minimum atomic E-state index is -0.472. The molecule has 0 bridgehead atoms. The smallest absolute Gasteiger partial charge is 0.410 e. The maximum atomic E-state index is 12.1. The van der Waals surface area contributed by atoms with Gasteiger partial charge in [0.1, 0.15) is 11.7 Å². The van der Waals surface area contributed by atoms with Gasteiger partial charge in [0.2, 0.25) is 5.88 Å². The lowest BCUT2D eigenvalue weighted by Crippen LogP contribution is -2.50. The van der Waals surface area contributed by atoms with Gasteiger partial charge in [-0.1, -0.05) is 0 Å². The van der Waals surface area contributed by atoms with E-state index in [1.54, 1.807) is 11.1 Å². The van der Waals surface area contributed by atoms with Crippen LogP contribution in [0, 0.1) is 0 Å². The Hall–Kier alpha value is -2.02. The Morgan fingerprint density at radius 1 is 1.24 bits per heavy atom. The van der Waals surface area contributed by atoms with Gasteiger partial charge >= 0.3 is 6.09 Å². The molecular weight excluding hydrogens is 322 g/mol. The Labute approximate surface area is 148 Å². The molecule has 1 aliphatic carbocycles. The average Bonchev–Trinajstić information content (AvgIpc) is 2.52. The van der Waals surface area contributed by atoms with Crippen molar-refractivity contribution in [3.05, 3.63) is 18.3 Å². The summed E-state index contributed by atoms with van der Waals surface area (Å²) < 4.78 is 11.2. The molecule has 7 nitrogen and oxygen atoms in total. The molecule has 2 aliphatic rings. The molecule has 1 N–H and O–H groups in total. The summed E-state index contributed by atoms with van der Waals surface area (Å²) in [6, 6.07) is 3.87. The van der Waals surface area contributed by atoms with Crippen molar-refractivity contribution in [2.24, 2.45) is 0 Å². The molecule has 2 heterocycles. The number of hydrogen-bond donors (Lipinski definition) is 1. The molecule has 1 aromatic heterocycles. The number of piperazine rings is 1.